The van der Waals surface area contributed by atoms with Gasteiger partial charge in [-0.1, -0.05) is 0 Å². The Morgan fingerprint density at radius 3 is 2.40 bits per heavy atom. The summed E-state index contributed by atoms with van der Waals surface area (Å²) >= 11 is 0. The van der Waals surface area contributed by atoms with E-state index in [1.165, 1.54) is 4.57 Å². The van der Waals surface area contributed by atoms with Crippen molar-refractivity contribution in [1.29, 1.82) is 0 Å². The molecule has 2 aromatic heterocycles. The number of phosphoric ester groups is 1. The molecule has 2 fully saturated rings. The fourth-order valence-electron chi connectivity index (χ4n) is 4.61. The third-order valence-electron chi connectivity index (χ3n) is 6.17. The summed E-state index contributed by atoms with van der Waals surface area (Å²) < 4.78 is 49.6. The van der Waals surface area contributed by atoms with Crippen LogP contribution < -0.4 is 10.6 Å². The van der Waals surface area contributed by atoms with E-state index in [1.54, 1.807) is 0 Å². The molecule has 2 aromatic rings. The van der Waals surface area contributed by atoms with Gasteiger partial charge in [0.25, 0.3) is 13.5 Å². The van der Waals surface area contributed by atoms with Crippen LogP contribution in [0.15, 0.2) is 36.2 Å². The second-order valence-corrected chi connectivity index (χ2v) is 11.4. The molecule has 8 unspecified atom stereocenters. The Kier molecular flexibility index (Phi) is 7.18. The molecule has 226 valence electrons. The highest BCUT2D eigenvalue weighted by molar-refractivity contribution is 7.60. The van der Waals surface area contributed by atoms with Crippen LogP contribution in [0.25, 0.3) is 11.2 Å². The van der Waals surface area contributed by atoms with E-state index >= 15 is 0 Å². The van der Waals surface area contributed by atoms with Crippen LogP contribution in [0.5, 0.6) is 0 Å². The van der Waals surface area contributed by atoms with Crippen LogP contribution in [-0.2, 0) is 32.2 Å². The Balaban J connectivity index is 1.58. The number of imidazole rings is 1. The number of nitrogens with two attached hydrogens (primary N) is 1. The van der Waals surface area contributed by atoms with Gasteiger partial charge in [0.15, 0.2) is 17.7 Å². The normalized spacial score (nSPS) is 31.6. The molecule has 2 aliphatic heterocycles. The second-order valence-electron chi connectivity index (χ2n) is 8.66. The number of nitrogen functional groups attached to an aromatic ring is 1. The van der Waals surface area contributed by atoms with E-state index < -0.39 is 84.8 Å². The molecule has 42 heavy (non-hydrogen) atoms. The third-order valence-corrected chi connectivity index (χ3v) is 8.30. The standard InChI is InChI=1S/C16H16N8O16P2/c17-13-10-14(19-4-18-13)21(5-20-10)15-12-11(7(37-15)3-36-42(34,35)40-41(31,32)33)38-16(39-12)8(23(27)28)1-6(22(25)26)2-9(16)24(29)30/h1-2,4-5,7-8,11-12,15H,3H2,(H,34,35)(H2,17,18,19)(H2,31,32,33)/p-1. The SMILES string of the molecule is Nc1ncnc2c1ncn2C1OC(COP(=O)(O)OP(=O)([O-])O)C2OC3(OC21)C([N+](=O)[O-])=CC([N+](=O)[O-])=CC3[N+](=O)[O-]. The number of aromatic nitrogens is 4. The van der Waals surface area contributed by atoms with E-state index in [0.29, 0.717) is 12.2 Å². The van der Waals surface area contributed by atoms with Crippen LogP contribution in [0.1, 0.15) is 6.23 Å². The van der Waals surface area contributed by atoms with E-state index in [4.69, 9.17) is 24.8 Å². The van der Waals surface area contributed by atoms with Crippen molar-refractivity contribution in [2.45, 2.75) is 36.4 Å². The molecule has 24 nitrogen and oxygen atoms in total. The predicted octanol–water partition coefficient (Wildman–Crippen LogP) is -1.64. The fourth-order valence-corrected chi connectivity index (χ4v) is 6.18. The molecule has 4 heterocycles. The van der Waals surface area contributed by atoms with Crippen LogP contribution in [-0.4, -0.2) is 80.8 Å². The number of anilines is 1. The van der Waals surface area contributed by atoms with Gasteiger partial charge in [0, 0.05) is 4.92 Å². The maximum Gasteiger partial charge on any atom is 0.478 e. The quantitative estimate of drug-likeness (QED) is 0.158. The van der Waals surface area contributed by atoms with E-state index in [2.05, 4.69) is 23.8 Å². The molecule has 0 radical (unpaired) electrons. The van der Waals surface area contributed by atoms with Crippen molar-refractivity contribution in [3.05, 3.63) is 66.5 Å². The van der Waals surface area contributed by atoms with Gasteiger partial charge < -0.3 is 34.6 Å². The van der Waals surface area contributed by atoms with Gasteiger partial charge in [-0.15, -0.1) is 0 Å². The van der Waals surface area contributed by atoms with E-state index in [9.17, 15) is 49.3 Å². The Morgan fingerprint density at radius 1 is 1.10 bits per heavy atom. The van der Waals surface area contributed by atoms with Crippen LogP contribution in [0, 0.1) is 30.3 Å². The largest absolute Gasteiger partial charge is 0.756 e. The van der Waals surface area contributed by atoms with Gasteiger partial charge in [-0.3, -0.25) is 44.0 Å². The van der Waals surface area contributed by atoms with Gasteiger partial charge in [0.05, 0.1) is 34.9 Å². The Bertz CT molecular complexity index is 1660. The summed E-state index contributed by atoms with van der Waals surface area (Å²) in [5.41, 5.74) is 3.64. The molecule has 8 atom stereocenters. The lowest BCUT2D eigenvalue weighted by molar-refractivity contribution is -0.569. The lowest BCUT2D eigenvalue weighted by atomic mass is 9.96. The summed E-state index contributed by atoms with van der Waals surface area (Å²) in [4.78, 5) is 73.2. The number of hydrogen-bond donors (Lipinski definition) is 3. The maximum absolute atomic E-state index is 12.0. The number of phosphoric acid groups is 2. The van der Waals surface area contributed by atoms with Crippen molar-refractivity contribution < 1.29 is 61.6 Å². The van der Waals surface area contributed by atoms with Crippen LogP contribution in [0.4, 0.5) is 5.82 Å². The van der Waals surface area contributed by atoms with Crippen molar-refractivity contribution in [2.75, 3.05) is 12.3 Å². The number of allylic oxidation sites excluding steroid dienone is 1. The molecule has 0 aromatic carbocycles. The minimum Gasteiger partial charge on any atom is -0.756 e. The van der Waals surface area contributed by atoms with E-state index in [-0.39, 0.29) is 17.0 Å². The highest BCUT2D eigenvalue weighted by Crippen LogP contribution is 2.56. The lowest BCUT2D eigenvalue weighted by Gasteiger charge is -2.30. The van der Waals surface area contributed by atoms with Gasteiger partial charge in [-0.2, -0.15) is 0 Å². The monoisotopic (exact) mass is 637 g/mol. The molecule has 1 spiro atoms. The predicted molar refractivity (Wildman–Crippen MR) is 124 cm³/mol. The van der Waals surface area contributed by atoms with E-state index in [1.807, 2.05) is 0 Å². The Morgan fingerprint density at radius 2 is 1.79 bits per heavy atom. The average Bonchev–Trinajstić information content (AvgIpc) is 3.54. The zero-order valence-electron chi connectivity index (χ0n) is 20.1. The summed E-state index contributed by atoms with van der Waals surface area (Å²) in [5, 5.41) is 35.4. The first-order valence-electron chi connectivity index (χ1n) is 11.1. The summed E-state index contributed by atoms with van der Waals surface area (Å²) in [5.74, 6) is -2.98. The summed E-state index contributed by atoms with van der Waals surface area (Å²) in [7, 11) is -11.3. The fraction of sp³-hybridized carbons (Fsp3) is 0.438. The smallest absolute Gasteiger partial charge is 0.478 e. The van der Waals surface area contributed by atoms with Crippen LogP contribution >= 0.6 is 15.6 Å². The molecular weight excluding hydrogens is 622 g/mol. The average molecular weight is 637 g/mol. The molecule has 5 rings (SSSR count). The van der Waals surface area contributed by atoms with Crippen molar-refractivity contribution in [3.63, 3.8) is 0 Å². The van der Waals surface area contributed by atoms with Crippen LogP contribution in [0.2, 0.25) is 0 Å². The van der Waals surface area contributed by atoms with Gasteiger partial charge in [-0.25, -0.2) is 23.8 Å². The number of nitrogens with zero attached hydrogens (tertiary/aromatic N) is 7. The van der Waals surface area contributed by atoms with Crippen LogP contribution in [0.3, 0.4) is 0 Å². The molecule has 2 saturated heterocycles. The number of rotatable bonds is 9. The molecule has 0 saturated carbocycles. The first-order valence-corrected chi connectivity index (χ1v) is 14.0. The minimum atomic E-state index is -5.78. The number of fused-ring (bicyclic) bond motifs is 2. The second kappa shape index (κ2) is 10.2. The molecule has 4 N–H and O–H groups in total. The number of hydrogen-bond acceptors (Lipinski definition) is 18. The summed E-state index contributed by atoms with van der Waals surface area (Å²) in [6, 6.07) is -2.36. The van der Waals surface area contributed by atoms with Gasteiger partial charge in [0.1, 0.15) is 30.2 Å². The topological polar surface area (TPSA) is 343 Å². The first-order chi connectivity index (χ1) is 19.5. The van der Waals surface area contributed by atoms with Crippen molar-refractivity contribution in [1.82, 2.24) is 19.5 Å². The maximum atomic E-state index is 12.0. The van der Waals surface area contributed by atoms with Crippen molar-refractivity contribution in [3.8, 4) is 0 Å². The van der Waals surface area contributed by atoms with Crippen molar-refractivity contribution >= 4 is 32.6 Å². The summed E-state index contributed by atoms with van der Waals surface area (Å²) in [6.07, 6.45) is -3.24. The Labute approximate surface area is 229 Å². The summed E-state index contributed by atoms with van der Waals surface area (Å²) in [6.45, 7) is -1.08. The van der Waals surface area contributed by atoms with Crippen molar-refractivity contribution in [2.24, 2.45) is 0 Å². The lowest BCUT2D eigenvalue weighted by Crippen LogP contribution is -2.53. The van der Waals surface area contributed by atoms with Gasteiger partial charge in [0.2, 0.25) is 0 Å². The molecule has 26 heteroatoms. The molecule has 1 aliphatic carbocycles. The zero-order chi connectivity index (χ0) is 30.8. The molecular formula is C16H15N8O16P2-. The first kappa shape index (κ1) is 29.7. The number of nitro groups is 3. The van der Waals surface area contributed by atoms with E-state index in [0.717, 1.165) is 12.7 Å². The molecule has 0 amide bonds. The third kappa shape index (κ3) is 5.15. The highest BCUT2D eigenvalue weighted by Gasteiger charge is 2.72. The molecule has 3 aliphatic rings. The zero-order valence-corrected chi connectivity index (χ0v) is 21.9. The number of ether oxygens (including phenoxy) is 3. The minimum absolute atomic E-state index is 0.0103. The van der Waals surface area contributed by atoms with Gasteiger partial charge >= 0.3 is 25.3 Å². The Hall–Kier alpha value is -3.83. The molecule has 0 bridgehead atoms. The van der Waals surface area contributed by atoms with Gasteiger partial charge in [-0.05, 0) is 0 Å². The highest BCUT2D eigenvalue weighted by atomic mass is 31.3.